The first-order valence-corrected chi connectivity index (χ1v) is 10.8. The van der Waals surface area contributed by atoms with Crippen molar-refractivity contribution < 1.29 is 9.53 Å². The molecule has 1 aromatic carbocycles. The van der Waals surface area contributed by atoms with Crippen LogP contribution in [0.15, 0.2) is 24.3 Å². The molecular formula is C20H27Cl3N2O2. The molecule has 3 rings (SSSR count). The molecule has 0 saturated carbocycles. The number of carbonyl (C=O) groups excluding carboxylic acids is 1. The number of amides is 1. The number of aryl methyl sites for hydroxylation is 1. The highest BCUT2D eigenvalue weighted by molar-refractivity contribution is 6.68. The van der Waals surface area contributed by atoms with Crippen molar-refractivity contribution in [2.75, 3.05) is 19.7 Å². The second-order valence-electron chi connectivity index (χ2n) is 7.60. The zero-order chi connectivity index (χ0) is 19.4. The van der Waals surface area contributed by atoms with E-state index in [4.69, 9.17) is 39.5 Å². The van der Waals surface area contributed by atoms with Crippen molar-refractivity contribution >= 4 is 40.7 Å². The second kappa shape index (κ2) is 9.32. The Morgan fingerprint density at radius 2 is 2.04 bits per heavy atom. The van der Waals surface area contributed by atoms with Gasteiger partial charge in [0.25, 0.3) is 5.91 Å². The molecule has 1 aromatic rings. The number of fused-ring (bicyclic) bond motifs is 1. The monoisotopic (exact) mass is 432 g/mol. The molecule has 2 saturated heterocycles. The van der Waals surface area contributed by atoms with Gasteiger partial charge in [-0.3, -0.25) is 4.79 Å². The van der Waals surface area contributed by atoms with E-state index < -0.39 is 10.0 Å². The molecule has 150 valence electrons. The maximum Gasteiger partial charge on any atom is 0.253 e. The largest absolute Gasteiger partial charge is 0.354 e. The van der Waals surface area contributed by atoms with Crippen molar-refractivity contribution in [1.29, 1.82) is 0 Å². The van der Waals surface area contributed by atoms with Gasteiger partial charge in [0, 0.05) is 11.6 Å². The van der Waals surface area contributed by atoms with Crippen LogP contribution in [0.3, 0.4) is 0 Å². The first kappa shape index (κ1) is 21.2. The first-order valence-electron chi connectivity index (χ1n) is 9.64. The van der Waals surface area contributed by atoms with Crippen LogP contribution >= 0.6 is 34.8 Å². The highest BCUT2D eigenvalue weighted by Crippen LogP contribution is 2.34. The number of hydrogen-bond acceptors (Lipinski definition) is 3. The second-order valence-corrected chi connectivity index (χ2v) is 9.97. The molecular weight excluding hydrogens is 407 g/mol. The number of benzene rings is 1. The van der Waals surface area contributed by atoms with Gasteiger partial charge in [0.15, 0.2) is 6.23 Å². The lowest BCUT2D eigenvalue weighted by atomic mass is 9.84. The average Bonchev–Trinajstić information content (AvgIpc) is 2.64. The Hall–Kier alpha value is -0.520. The molecule has 0 unspecified atom stereocenters. The average molecular weight is 434 g/mol. The molecule has 1 N–H and O–H groups in total. The van der Waals surface area contributed by atoms with Gasteiger partial charge in [-0.25, -0.2) is 0 Å². The molecule has 1 amide bonds. The minimum absolute atomic E-state index is 0.307. The van der Waals surface area contributed by atoms with Gasteiger partial charge in [-0.1, -0.05) is 58.9 Å². The molecule has 2 heterocycles. The van der Waals surface area contributed by atoms with Crippen LogP contribution in [0.1, 0.15) is 48.0 Å². The fraction of sp³-hybridized carbons (Fsp3) is 0.650. The number of piperidine rings is 2. The lowest BCUT2D eigenvalue weighted by Gasteiger charge is -2.44. The molecule has 2 aliphatic heterocycles. The summed E-state index contributed by atoms with van der Waals surface area (Å²) in [4.78, 5) is 15.1. The Balaban J connectivity index is 1.62. The normalized spacial score (nSPS) is 24.9. The summed E-state index contributed by atoms with van der Waals surface area (Å²) < 4.78 is 4.23. The number of hydrogen-bond donors (Lipinski definition) is 1. The number of nitrogens with one attached hydrogen (secondary N) is 1. The predicted molar refractivity (Wildman–Crippen MR) is 111 cm³/mol. The van der Waals surface area contributed by atoms with Crippen LogP contribution in [0.2, 0.25) is 0 Å². The van der Waals surface area contributed by atoms with Gasteiger partial charge in [-0.05, 0) is 63.7 Å². The van der Waals surface area contributed by atoms with Crippen LogP contribution in [0.4, 0.5) is 0 Å². The van der Waals surface area contributed by atoms with Gasteiger partial charge in [0.1, 0.15) is 0 Å². The first-order chi connectivity index (χ1) is 12.8. The topological polar surface area (TPSA) is 41.6 Å². The fourth-order valence-electron chi connectivity index (χ4n) is 4.20. The molecule has 2 fully saturated rings. The molecule has 0 spiro atoms. The summed E-state index contributed by atoms with van der Waals surface area (Å²) in [7, 11) is 0. The van der Waals surface area contributed by atoms with Crippen molar-refractivity contribution in [2.45, 2.75) is 55.1 Å². The van der Waals surface area contributed by atoms with Crippen molar-refractivity contribution in [3.63, 3.8) is 0 Å². The van der Waals surface area contributed by atoms with Crippen LogP contribution in [0.5, 0.6) is 0 Å². The lowest BCUT2D eigenvalue weighted by molar-refractivity contribution is -0.0325. The minimum atomic E-state index is -1.74. The highest BCUT2D eigenvalue weighted by Gasteiger charge is 2.38. The third kappa shape index (κ3) is 5.74. The summed E-state index contributed by atoms with van der Waals surface area (Å²) in [6.07, 6.45) is 5.01. The van der Waals surface area contributed by atoms with E-state index in [0.29, 0.717) is 24.1 Å². The zero-order valence-corrected chi connectivity index (χ0v) is 17.9. The standard InChI is InChI=1S/C20H27Cl3N2O2/c1-14-6-4-7-15(12-14)18(26)24-19(20(21,22)23)27-13-16-8-5-11-25-10-3-2-9-17(16)25/h4,6-7,12,16-17,19H,2-3,5,8-11,13H2,1H3,(H,24,26)/t16-,17+,19-/m1/s1. The summed E-state index contributed by atoms with van der Waals surface area (Å²) >= 11 is 18.3. The van der Waals surface area contributed by atoms with Crippen LogP contribution in [0.25, 0.3) is 0 Å². The Labute approximate surface area is 176 Å². The van der Waals surface area contributed by atoms with E-state index in [-0.39, 0.29) is 5.91 Å². The van der Waals surface area contributed by atoms with Crippen LogP contribution in [-0.2, 0) is 4.74 Å². The van der Waals surface area contributed by atoms with E-state index in [1.807, 2.05) is 19.1 Å². The van der Waals surface area contributed by atoms with Crippen molar-refractivity contribution in [3.8, 4) is 0 Å². The van der Waals surface area contributed by atoms with Crippen molar-refractivity contribution in [3.05, 3.63) is 35.4 Å². The summed E-state index contributed by atoms with van der Waals surface area (Å²) in [5.74, 6) is 0.0998. The molecule has 0 radical (unpaired) electrons. The molecule has 27 heavy (non-hydrogen) atoms. The molecule has 2 aliphatic rings. The van der Waals surface area contributed by atoms with Gasteiger partial charge in [0.05, 0.1) is 6.61 Å². The number of halogens is 3. The van der Waals surface area contributed by atoms with E-state index >= 15 is 0 Å². The maximum absolute atomic E-state index is 12.6. The Kier molecular flexibility index (Phi) is 7.32. The smallest absolute Gasteiger partial charge is 0.253 e. The van der Waals surface area contributed by atoms with Crippen LogP contribution in [-0.4, -0.2) is 46.6 Å². The fourth-order valence-corrected chi connectivity index (χ4v) is 4.55. The zero-order valence-electron chi connectivity index (χ0n) is 15.6. The van der Waals surface area contributed by atoms with Gasteiger partial charge >= 0.3 is 0 Å². The highest BCUT2D eigenvalue weighted by atomic mass is 35.6. The number of nitrogens with zero attached hydrogens (tertiary/aromatic N) is 1. The Morgan fingerprint density at radius 1 is 1.26 bits per heavy atom. The van der Waals surface area contributed by atoms with Gasteiger partial charge in [-0.15, -0.1) is 0 Å². The van der Waals surface area contributed by atoms with E-state index in [1.165, 1.54) is 38.8 Å². The maximum atomic E-state index is 12.6. The molecule has 4 nitrogen and oxygen atoms in total. The molecule has 0 aliphatic carbocycles. The molecule has 7 heteroatoms. The van der Waals surface area contributed by atoms with Crippen molar-refractivity contribution in [1.82, 2.24) is 10.2 Å². The minimum Gasteiger partial charge on any atom is -0.354 e. The van der Waals surface area contributed by atoms with E-state index in [9.17, 15) is 4.79 Å². The summed E-state index contributed by atoms with van der Waals surface area (Å²) in [5.41, 5.74) is 1.52. The Bertz CT molecular complexity index is 648. The summed E-state index contributed by atoms with van der Waals surface area (Å²) in [6.45, 7) is 4.74. The van der Waals surface area contributed by atoms with E-state index in [0.717, 1.165) is 12.0 Å². The molecule has 3 atom stereocenters. The van der Waals surface area contributed by atoms with Gasteiger partial charge < -0.3 is 15.0 Å². The predicted octanol–water partition coefficient (Wildman–Crippen LogP) is 4.70. The van der Waals surface area contributed by atoms with E-state index in [2.05, 4.69) is 10.2 Å². The van der Waals surface area contributed by atoms with Crippen LogP contribution < -0.4 is 5.32 Å². The Morgan fingerprint density at radius 3 is 2.78 bits per heavy atom. The third-order valence-electron chi connectivity index (χ3n) is 5.55. The number of rotatable bonds is 5. The van der Waals surface area contributed by atoms with Crippen molar-refractivity contribution in [2.24, 2.45) is 5.92 Å². The SMILES string of the molecule is Cc1cccc(C(=O)N[C@H](OC[C@H]2CCCN3CCCC[C@@H]23)C(Cl)(Cl)Cl)c1. The number of carbonyl (C=O) groups is 1. The number of alkyl halides is 3. The van der Waals surface area contributed by atoms with Crippen LogP contribution in [0, 0.1) is 12.8 Å². The number of ether oxygens (including phenoxy) is 1. The summed E-state index contributed by atoms with van der Waals surface area (Å²) in [6, 6.07) is 7.83. The molecule has 0 aromatic heterocycles. The van der Waals surface area contributed by atoms with E-state index in [1.54, 1.807) is 12.1 Å². The van der Waals surface area contributed by atoms with Gasteiger partial charge in [-0.2, -0.15) is 0 Å². The lowest BCUT2D eigenvalue weighted by Crippen LogP contribution is -2.51. The third-order valence-corrected chi connectivity index (χ3v) is 6.14. The molecule has 0 bridgehead atoms. The quantitative estimate of drug-likeness (QED) is 0.540. The summed E-state index contributed by atoms with van der Waals surface area (Å²) in [5, 5.41) is 2.74. The van der Waals surface area contributed by atoms with Gasteiger partial charge in [0.2, 0.25) is 3.79 Å².